The quantitative estimate of drug-likeness (QED) is 0.339. The number of nitrogens with one attached hydrogen (secondary N) is 1. The molecule has 2 N–H and O–H groups in total. The molecule has 156 valence electrons. The molecule has 0 saturated carbocycles. The van der Waals surface area contributed by atoms with Crippen LogP contribution in [0.15, 0.2) is 18.2 Å². The lowest BCUT2D eigenvalue weighted by molar-refractivity contribution is -0.0370. The summed E-state index contributed by atoms with van der Waals surface area (Å²) in [4.78, 5) is 25.2. The summed E-state index contributed by atoms with van der Waals surface area (Å²) in [6.07, 6.45) is 7.75. The Morgan fingerprint density at radius 3 is 2.50 bits per heavy atom. The summed E-state index contributed by atoms with van der Waals surface area (Å²) in [7, 11) is 0. The highest BCUT2D eigenvalue weighted by molar-refractivity contribution is 6.00. The van der Waals surface area contributed by atoms with Crippen molar-refractivity contribution in [2.75, 3.05) is 13.1 Å². The third kappa shape index (κ3) is 6.33. The number of piperidine rings is 1. The van der Waals surface area contributed by atoms with Crippen LogP contribution in [0.25, 0.3) is 0 Å². The molecule has 5 nitrogen and oxygen atoms in total. The summed E-state index contributed by atoms with van der Waals surface area (Å²) in [6, 6.07) is 4.47. The highest BCUT2D eigenvalue weighted by Crippen LogP contribution is 2.31. The number of carbonyl (C=O) groups is 2. The van der Waals surface area contributed by atoms with Gasteiger partial charge in [-0.2, -0.15) is 0 Å². The molecule has 1 fully saturated rings. The Hall–Kier alpha value is -1.88. The highest BCUT2D eigenvalue weighted by atomic mass is 16.6. The van der Waals surface area contributed by atoms with Crippen molar-refractivity contribution in [3.63, 3.8) is 0 Å². The SMILES string of the molecule is CCCCCCCC(=O)c1ccc(O)c(C(=O)OC(C)(C)C2CCNCC2)c1. The smallest absolute Gasteiger partial charge is 0.342 e. The van der Waals surface area contributed by atoms with E-state index in [-0.39, 0.29) is 23.0 Å². The Kier molecular flexibility index (Phi) is 8.49. The number of phenols is 1. The minimum absolute atomic E-state index is 0.00293. The fourth-order valence-electron chi connectivity index (χ4n) is 3.80. The topological polar surface area (TPSA) is 75.6 Å². The van der Waals surface area contributed by atoms with Gasteiger partial charge in [0.25, 0.3) is 0 Å². The summed E-state index contributed by atoms with van der Waals surface area (Å²) in [6.45, 7) is 7.83. The third-order valence-electron chi connectivity index (χ3n) is 5.72. The molecule has 1 saturated heterocycles. The molecule has 0 aliphatic carbocycles. The first kappa shape index (κ1) is 22.4. The number of hydrogen-bond acceptors (Lipinski definition) is 5. The zero-order valence-corrected chi connectivity index (χ0v) is 17.6. The zero-order valence-electron chi connectivity index (χ0n) is 17.6. The summed E-state index contributed by atoms with van der Waals surface area (Å²) < 4.78 is 5.77. The maximum absolute atomic E-state index is 12.7. The van der Waals surface area contributed by atoms with Gasteiger partial charge in [-0.25, -0.2) is 4.79 Å². The number of unbranched alkanes of at least 4 members (excludes halogenated alkanes) is 4. The van der Waals surface area contributed by atoms with Crippen LogP contribution in [-0.4, -0.2) is 35.5 Å². The molecule has 0 atom stereocenters. The Morgan fingerprint density at radius 2 is 1.82 bits per heavy atom. The van der Waals surface area contributed by atoms with Crippen LogP contribution in [0.5, 0.6) is 5.75 Å². The molecule has 1 aliphatic rings. The first-order chi connectivity index (χ1) is 13.3. The number of Topliss-reactive ketones (excluding diaryl/α,β-unsaturated/α-hetero) is 1. The molecule has 0 bridgehead atoms. The first-order valence-electron chi connectivity index (χ1n) is 10.7. The van der Waals surface area contributed by atoms with Crippen molar-refractivity contribution in [1.29, 1.82) is 0 Å². The van der Waals surface area contributed by atoms with Crippen LogP contribution < -0.4 is 5.32 Å². The molecule has 1 aromatic rings. The van der Waals surface area contributed by atoms with E-state index in [2.05, 4.69) is 12.2 Å². The highest BCUT2D eigenvalue weighted by Gasteiger charge is 2.35. The standard InChI is InChI=1S/C23H35NO4/c1-4-5-6-7-8-9-20(25)17-10-11-21(26)19(16-17)22(27)28-23(2,3)18-12-14-24-15-13-18/h10-11,16,18,24,26H,4-9,12-15H2,1-3H3. The summed E-state index contributed by atoms with van der Waals surface area (Å²) in [5.74, 6) is -0.444. The number of hydrogen-bond donors (Lipinski definition) is 2. The van der Waals surface area contributed by atoms with E-state index < -0.39 is 11.6 Å². The number of rotatable bonds is 10. The van der Waals surface area contributed by atoms with Crippen LogP contribution >= 0.6 is 0 Å². The molecule has 0 aromatic heterocycles. The minimum atomic E-state index is -0.620. The molecule has 28 heavy (non-hydrogen) atoms. The number of benzene rings is 1. The second kappa shape index (κ2) is 10.6. The lowest BCUT2D eigenvalue weighted by Crippen LogP contribution is -2.42. The molecule has 1 aliphatic heterocycles. The van der Waals surface area contributed by atoms with Crippen LogP contribution in [-0.2, 0) is 4.74 Å². The van der Waals surface area contributed by atoms with E-state index in [4.69, 9.17) is 4.74 Å². The predicted octanol–water partition coefficient (Wildman–Crippen LogP) is 4.87. The second-order valence-corrected chi connectivity index (χ2v) is 8.34. The molecule has 0 amide bonds. The van der Waals surface area contributed by atoms with Crippen LogP contribution in [0.4, 0.5) is 0 Å². The predicted molar refractivity (Wildman–Crippen MR) is 111 cm³/mol. The first-order valence-corrected chi connectivity index (χ1v) is 10.7. The molecular weight excluding hydrogens is 354 g/mol. The van der Waals surface area contributed by atoms with Crippen molar-refractivity contribution >= 4 is 11.8 Å². The lowest BCUT2D eigenvalue weighted by Gasteiger charge is -2.36. The van der Waals surface area contributed by atoms with Crippen LogP contribution in [0.3, 0.4) is 0 Å². The molecule has 0 radical (unpaired) electrons. The maximum Gasteiger partial charge on any atom is 0.342 e. The fourth-order valence-corrected chi connectivity index (χ4v) is 3.80. The molecule has 0 unspecified atom stereocenters. The average molecular weight is 390 g/mol. The van der Waals surface area contributed by atoms with Crippen molar-refractivity contribution in [2.24, 2.45) is 5.92 Å². The van der Waals surface area contributed by atoms with Crippen molar-refractivity contribution in [3.05, 3.63) is 29.3 Å². The number of ether oxygens (including phenoxy) is 1. The summed E-state index contributed by atoms with van der Waals surface area (Å²) in [5.41, 5.74) is -0.0935. The number of aromatic hydroxyl groups is 1. The van der Waals surface area contributed by atoms with Crippen molar-refractivity contribution in [1.82, 2.24) is 5.32 Å². The molecule has 0 spiro atoms. The lowest BCUT2D eigenvalue weighted by atomic mass is 9.83. The Balaban J connectivity index is 2.01. The van der Waals surface area contributed by atoms with Crippen LogP contribution in [0.1, 0.15) is 92.9 Å². The van der Waals surface area contributed by atoms with Gasteiger partial charge >= 0.3 is 5.97 Å². The van der Waals surface area contributed by atoms with E-state index >= 15 is 0 Å². The second-order valence-electron chi connectivity index (χ2n) is 8.34. The Labute approximate surface area is 168 Å². The number of carbonyl (C=O) groups excluding carboxylic acids is 2. The van der Waals surface area contributed by atoms with Gasteiger partial charge in [0.2, 0.25) is 0 Å². The Morgan fingerprint density at radius 1 is 1.14 bits per heavy atom. The van der Waals surface area contributed by atoms with Gasteiger partial charge in [0.15, 0.2) is 5.78 Å². The van der Waals surface area contributed by atoms with E-state index in [9.17, 15) is 14.7 Å². The van der Waals surface area contributed by atoms with Crippen molar-refractivity contribution in [3.8, 4) is 5.75 Å². The van der Waals surface area contributed by atoms with E-state index in [1.165, 1.54) is 25.0 Å². The number of phenolic OH excluding ortho intramolecular Hbond substituents is 1. The summed E-state index contributed by atoms with van der Waals surface area (Å²) >= 11 is 0. The van der Waals surface area contributed by atoms with E-state index in [1.807, 2.05) is 13.8 Å². The molecule has 5 heteroatoms. The van der Waals surface area contributed by atoms with Gasteiger partial charge < -0.3 is 15.2 Å². The van der Waals surface area contributed by atoms with E-state index in [0.717, 1.165) is 45.2 Å². The Bertz CT molecular complexity index is 663. The van der Waals surface area contributed by atoms with Crippen LogP contribution in [0, 0.1) is 5.92 Å². The van der Waals surface area contributed by atoms with Gasteiger partial charge in [-0.15, -0.1) is 0 Å². The van der Waals surface area contributed by atoms with Crippen LogP contribution in [0.2, 0.25) is 0 Å². The van der Waals surface area contributed by atoms with Gasteiger partial charge in [0.05, 0.1) is 0 Å². The summed E-state index contributed by atoms with van der Waals surface area (Å²) in [5, 5.41) is 13.5. The normalized spacial score (nSPS) is 15.4. The molecule has 1 aromatic carbocycles. The number of ketones is 1. The van der Waals surface area contributed by atoms with E-state index in [1.54, 1.807) is 6.07 Å². The maximum atomic E-state index is 12.7. The van der Waals surface area contributed by atoms with Gasteiger partial charge in [-0.1, -0.05) is 32.6 Å². The fraction of sp³-hybridized carbons (Fsp3) is 0.652. The van der Waals surface area contributed by atoms with Gasteiger partial charge in [-0.05, 0) is 64.4 Å². The molecule has 2 rings (SSSR count). The van der Waals surface area contributed by atoms with Crippen molar-refractivity contribution in [2.45, 2.75) is 77.7 Å². The molecular formula is C23H35NO4. The largest absolute Gasteiger partial charge is 0.507 e. The number of esters is 1. The van der Waals surface area contributed by atoms with Gasteiger partial charge in [0.1, 0.15) is 16.9 Å². The average Bonchev–Trinajstić information content (AvgIpc) is 2.68. The van der Waals surface area contributed by atoms with Crippen molar-refractivity contribution < 1.29 is 19.4 Å². The minimum Gasteiger partial charge on any atom is -0.507 e. The van der Waals surface area contributed by atoms with Gasteiger partial charge in [-0.3, -0.25) is 4.79 Å². The monoisotopic (exact) mass is 389 g/mol. The van der Waals surface area contributed by atoms with Gasteiger partial charge in [0, 0.05) is 17.9 Å². The molecule has 1 heterocycles. The third-order valence-corrected chi connectivity index (χ3v) is 5.72. The van der Waals surface area contributed by atoms with E-state index in [0.29, 0.717) is 12.0 Å². The zero-order chi connectivity index (χ0) is 20.6.